The fourth-order valence-electron chi connectivity index (χ4n) is 3.70. The Morgan fingerprint density at radius 1 is 0.971 bits per heavy atom. The third-order valence-electron chi connectivity index (χ3n) is 5.55. The van der Waals surface area contributed by atoms with E-state index in [9.17, 15) is 19.8 Å². The van der Waals surface area contributed by atoms with Crippen LogP contribution in [-0.4, -0.2) is 33.1 Å². The van der Waals surface area contributed by atoms with E-state index in [0.717, 1.165) is 16.8 Å². The number of hydrogen-bond donors (Lipinski definition) is 3. The van der Waals surface area contributed by atoms with Gasteiger partial charge in [-0.3, -0.25) is 4.79 Å². The molecule has 0 aliphatic rings. The van der Waals surface area contributed by atoms with E-state index in [2.05, 4.69) is 10.3 Å². The Morgan fingerprint density at radius 2 is 1.71 bits per heavy atom. The van der Waals surface area contributed by atoms with Gasteiger partial charge in [-0.05, 0) is 72.5 Å². The summed E-state index contributed by atoms with van der Waals surface area (Å²) >= 11 is 5.86. The number of aliphatic carboxylic acids is 1. The van der Waals surface area contributed by atoms with Crippen molar-refractivity contribution in [2.24, 2.45) is 0 Å². The number of oxazole rings is 1. The van der Waals surface area contributed by atoms with Crippen LogP contribution in [0.25, 0.3) is 11.5 Å². The van der Waals surface area contributed by atoms with Crippen molar-refractivity contribution in [2.75, 3.05) is 0 Å². The molecule has 1 aromatic heterocycles. The molecule has 1 heterocycles. The van der Waals surface area contributed by atoms with Crippen molar-refractivity contribution in [1.29, 1.82) is 0 Å². The van der Waals surface area contributed by atoms with Crippen molar-refractivity contribution in [2.45, 2.75) is 25.3 Å². The van der Waals surface area contributed by atoms with Crippen LogP contribution in [0.5, 0.6) is 5.75 Å². The minimum atomic E-state index is -1.16. The first-order valence-electron chi connectivity index (χ1n) is 11.0. The SMILES string of the molecule is O=C(N[C@@H](Cc1ccc(O)cc1CCc1coc(-c2ccccc2)n1)C(=O)O)c1ccc(Cl)cc1. The molecule has 1 amide bonds. The van der Waals surface area contributed by atoms with Crippen LogP contribution in [0.1, 0.15) is 27.2 Å². The number of carboxylic acids is 1. The molecule has 0 fully saturated rings. The van der Waals surface area contributed by atoms with Crippen LogP contribution in [0, 0.1) is 0 Å². The number of phenolic OH excluding ortho intramolecular Hbond substituents is 1. The quantitative estimate of drug-likeness (QED) is 0.307. The molecule has 0 spiro atoms. The number of aromatic nitrogens is 1. The summed E-state index contributed by atoms with van der Waals surface area (Å²) in [6.45, 7) is 0. The minimum Gasteiger partial charge on any atom is -0.508 e. The number of aromatic hydroxyl groups is 1. The van der Waals surface area contributed by atoms with Gasteiger partial charge in [0.2, 0.25) is 5.89 Å². The van der Waals surface area contributed by atoms with Gasteiger partial charge >= 0.3 is 5.97 Å². The lowest BCUT2D eigenvalue weighted by atomic mass is 9.96. The Bertz CT molecular complexity index is 1320. The first-order chi connectivity index (χ1) is 16.9. The molecular formula is C27H23ClN2O5. The van der Waals surface area contributed by atoms with Gasteiger partial charge in [-0.2, -0.15) is 0 Å². The van der Waals surface area contributed by atoms with Crippen LogP contribution in [0.3, 0.4) is 0 Å². The van der Waals surface area contributed by atoms with E-state index >= 15 is 0 Å². The molecule has 0 radical (unpaired) electrons. The molecule has 0 aliphatic carbocycles. The third kappa shape index (κ3) is 6.28. The zero-order valence-corrected chi connectivity index (χ0v) is 19.4. The smallest absolute Gasteiger partial charge is 0.326 e. The van der Waals surface area contributed by atoms with Gasteiger partial charge in [0.15, 0.2) is 0 Å². The summed E-state index contributed by atoms with van der Waals surface area (Å²) in [5.74, 6) is -1.07. The molecule has 178 valence electrons. The lowest BCUT2D eigenvalue weighted by Crippen LogP contribution is -2.42. The molecule has 4 aromatic rings. The van der Waals surface area contributed by atoms with Crippen LogP contribution in [0.4, 0.5) is 0 Å². The molecule has 0 aliphatic heterocycles. The monoisotopic (exact) mass is 490 g/mol. The van der Waals surface area contributed by atoms with Gasteiger partial charge < -0.3 is 19.9 Å². The lowest BCUT2D eigenvalue weighted by Gasteiger charge is -2.17. The van der Waals surface area contributed by atoms with Gasteiger partial charge in [-0.1, -0.05) is 35.9 Å². The third-order valence-corrected chi connectivity index (χ3v) is 5.80. The molecule has 0 bridgehead atoms. The standard InChI is InChI=1S/C27H23ClN2O5/c28-21-10-6-17(7-11-21)25(32)30-24(27(33)34)15-20-9-13-23(31)14-19(20)8-12-22-16-35-26(29-22)18-4-2-1-3-5-18/h1-7,9-11,13-14,16,24,31H,8,12,15H2,(H,30,32)(H,33,34)/t24-/m0/s1. The van der Waals surface area contributed by atoms with Gasteiger partial charge in [0.05, 0.1) is 5.69 Å². The Kier molecular flexibility index (Phi) is 7.48. The van der Waals surface area contributed by atoms with Crippen molar-refractivity contribution in [3.8, 4) is 17.2 Å². The van der Waals surface area contributed by atoms with Crippen LogP contribution in [0.2, 0.25) is 5.02 Å². The number of carbonyl (C=O) groups is 2. The molecule has 0 saturated heterocycles. The van der Waals surface area contributed by atoms with Crippen molar-refractivity contribution in [3.63, 3.8) is 0 Å². The number of nitrogens with one attached hydrogen (secondary N) is 1. The fraction of sp³-hybridized carbons (Fsp3) is 0.148. The topological polar surface area (TPSA) is 113 Å². The van der Waals surface area contributed by atoms with Crippen molar-refractivity contribution >= 4 is 23.5 Å². The highest BCUT2D eigenvalue weighted by atomic mass is 35.5. The second-order valence-corrected chi connectivity index (χ2v) is 8.47. The van der Waals surface area contributed by atoms with Gasteiger partial charge in [0, 0.05) is 22.6 Å². The minimum absolute atomic E-state index is 0.0539. The predicted octanol–water partition coefficient (Wildman–Crippen LogP) is 4.91. The maximum atomic E-state index is 12.6. The Morgan fingerprint density at radius 3 is 2.43 bits per heavy atom. The van der Waals surface area contributed by atoms with Gasteiger partial charge in [-0.25, -0.2) is 9.78 Å². The maximum Gasteiger partial charge on any atom is 0.326 e. The zero-order chi connectivity index (χ0) is 24.8. The number of rotatable bonds is 9. The Labute approximate surface area is 207 Å². The van der Waals surface area contributed by atoms with E-state index in [-0.39, 0.29) is 12.2 Å². The molecule has 7 nitrogen and oxygen atoms in total. The zero-order valence-electron chi connectivity index (χ0n) is 18.6. The molecule has 3 aromatic carbocycles. The van der Waals surface area contributed by atoms with E-state index in [0.29, 0.717) is 34.9 Å². The highest BCUT2D eigenvalue weighted by Crippen LogP contribution is 2.22. The van der Waals surface area contributed by atoms with Gasteiger partial charge in [-0.15, -0.1) is 0 Å². The number of phenols is 1. The molecule has 4 rings (SSSR count). The number of carbonyl (C=O) groups excluding carboxylic acids is 1. The van der Waals surface area contributed by atoms with E-state index < -0.39 is 17.9 Å². The molecule has 3 N–H and O–H groups in total. The molecule has 0 saturated carbocycles. The predicted molar refractivity (Wildman–Crippen MR) is 131 cm³/mol. The lowest BCUT2D eigenvalue weighted by molar-refractivity contribution is -0.139. The van der Waals surface area contributed by atoms with E-state index in [4.69, 9.17) is 16.0 Å². The summed E-state index contributed by atoms with van der Waals surface area (Å²) < 4.78 is 5.59. The highest BCUT2D eigenvalue weighted by Gasteiger charge is 2.23. The van der Waals surface area contributed by atoms with Crippen molar-refractivity contribution in [1.82, 2.24) is 10.3 Å². The van der Waals surface area contributed by atoms with Crippen LogP contribution in [0.15, 0.2) is 83.5 Å². The maximum absolute atomic E-state index is 12.6. The summed E-state index contributed by atoms with van der Waals surface area (Å²) in [6.07, 6.45) is 2.68. The average Bonchev–Trinajstić information content (AvgIpc) is 3.33. The molecule has 0 unspecified atom stereocenters. The van der Waals surface area contributed by atoms with Gasteiger partial charge in [0.1, 0.15) is 18.1 Å². The number of hydrogen-bond acceptors (Lipinski definition) is 5. The summed E-state index contributed by atoms with van der Waals surface area (Å²) in [4.78, 5) is 29.0. The number of aryl methyl sites for hydroxylation is 2. The van der Waals surface area contributed by atoms with E-state index in [1.165, 1.54) is 18.2 Å². The Balaban J connectivity index is 1.47. The summed E-state index contributed by atoms with van der Waals surface area (Å²) in [6, 6.07) is 19.4. The average molecular weight is 491 g/mol. The number of halogens is 1. The first kappa shape index (κ1) is 24.0. The van der Waals surface area contributed by atoms with E-state index in [1.807, 2.05) is 30.3 Å². The first-order valence-corrected chi connectivity index (χ1v) is 11.4. The number of amides is 1. The molecule has 8 heteroatoms. The number of benzene rings is 3. The second-order valence-electron chi connectivity index (χ2n) is 8.04. The number of nitrogens with zero attached hydrogens (tertiary/aromatic N) is 1. The molecule has 35 heavy (non-hydrogen) atoms. The summed E-state index contributed by atoms with van der Waals surface area (Å²) in [5.41, 5.74) is 3.40. The van der Waals surface area contributed by atoms with Crippen molar-refractivity contribution in [3.05, 3.63) is 106 Å². The Hall–Kier alpha value is -4.10. The highest BCUT2D eigenvalue weighted by molar-refractivity contribution is 6.30. The van der Waals surface area contributed by atoms with Crippen LogP contribution >= 0.6 is 11.6 Å². The fourth-order valence-corrected chi connectivity index (χ4v) is 3.83. The molecular weight excluding hydrogens is 468 g/mol. The summed E-state index contributed by atoms with van der Waals surface area (Å²) in [7, 11) is 0. The second kappa shape index (κ2) is 10.9. The molecule has 1 atom stereocenters. The number of carboxylic acid groups (broad SMARTS) is 1. The van der Waals surface area contributed by atoms with Gasteiger partial charge in [0.25, 0.3) is 5.91 Å². The van der Waals surface area contributed by atoms with Crippen LogP contribution < -0.4 is 5.32 Å². The summed E-state index contributed by atoms with van der Waals surface area (Å²) in [5, 5.41) is 22.8. The largest absolute Gasteiger partial charge is 0.508 e. The van der Waals surface area contributed by atoms with Crippen LogP contribution in [-0.2, 0) is 24.1 Å². The van der Waals surface area contributed by atoms with Crippen molar-refractivity contribution < 1.29 is 24.2 Å². The normalized spacial score (nSPS) is 11.7. The van der Waals surface area contributed by atoms with E-state index in [1.54, 1.807) is 30.5 Å².